The van der Waals surface area contributed by atoms with Crippen molar-refractivity contribution in [3.8, 4) is 0 Å². The molecule has 0 saturated carbocycles. The molecule has 18 heavy (non-hydrogen) atoms. The van der Waals surface area contributed by atoms with Crippen LogP contribution < -0.4 is 4.90 Å². The van der Waals surface area contributed by atoms with E-state index in [9.17, 15) is 0 Å². The third kappa shape index (κ3) is 3.33. The minimum absolute atomic E-state index is 0.303. The summed E-state index contributed by atoms with van der Waals surface area (Å²) in [5.41, 5.74) is 0. The Balaban J connectivity index is 2.21. The van der Waals surface area contributed by atoms with Gasteiger partial charge in [0.25, 0.3) is 0 Å². The Morgan fingerprint density at radius 1 is 1.17 bits per heavy atom. The van der Waals surface area contributed by atoms with Gasteiger partial charge < -0.3 is 9.80 Å². The maximum atomic E-state index is 6.09. The molecule has 2 heterocycles. The maximum absolute atomic E-state index is 6.09. The number of hydrogen-bond acceptors (Lipinski definition) is 4. The highest BCUT2D eigenvalue weighted by Gasteiger charge is 2.16. The van der Waals surface area contributed by atoms with Crippen molar-refractivity contribution in [3.63, 3.8) is 0 Å². The summed E-state index contributed by atoms with van der Waals surface area (Å²) in [6, 6.07) is 1.87. The van der Waals surface area contributed by atoms with Crippen LogP contribution in [0.3, 0.4) is 0 Å². The summed E-state index contributed by atoms with van der Waals surface area (Å²) in [4.78, 5) is 13.6. The zero-order chi connectivity index (χ0) is 13.1. The Kier molecular flexibility index (Phi) is 4.40. The summed E-state index contributed by atoms with van der Waals surface area (Å²) >= 11 is 6.09. The van der Waals surface area contributed by atoms with Crippen molar-refractivity contribution in [1.29, 1.82) is 0 Å². The molecule has 4 nitrogen and oxygen atoms in total. The average molecular weight is 269 g/mol. The van der Waals surface area contributed by atoms with E-state index in [2.05, 4.69) is 40.7 Å². The molecule has 1 saturated heterocycles. The average Bonchev–Trinajstić information content (AvgIpc) is 2.53. The molecule has 1 fully saturated rings. The van der Waals surface area contributed by atoms with Gasteiger partial charge in [-0.05, 0) is 20.0 Å². The number of aromatic nitrogens is 2. The summed E-state index contributed by atoms with van der Waals surface area (Å²) in [6.07, 6.45) is 1.16. The van der Waals surface area contributed by atoms with Gasteiger partial charge in [-0.1, -0.05) is 25.4 Å². The molecule has 0 spiro atoms. The number of rotatable bonds is 2. The van der Waals surface area contributed by atoms with E-state index in [-0.39, 0.29) is 0 Å². The zero-order valence-corrected chi connectivity index (χ0v) is 12.1. The first kappa shape index (κ1) is 13.6. The van der Waals surface area contributed by atoms with E-state index in [0.717, 1.165) is 44.2 Å². The fourth-order valence-electron chi connectivity index (χ4n) is 2.12. The van der Waals surface area contributed by atoms with Crippen LogP contribution in [0.2, 0.25) is 5.15 Å². The van der Waals surface area contributed by atoms with Crippen LogP contribution in [0.5, 0.6) is 0 Å². The highest BCUT2D eigenvalue weighted by atomic mass is 35.5. The maximum Gasteiger partial charge on any atom is 0.135 e. The lowest BCUT2D eigenvalue weighted by Gasteiger charge is -2.22. The molecule has 1 aromatic heterocycles. The van der Waals surface area contributed by atoms with Gasteiger partial charge in [-0.2, -0.15) is 0 Å². The van der Waals surface area contributed by atoms with E-state index < -0.39 is 0 Å². The minimum atomic E-state index is 0.303. The quantitative estimate of drug-likeness (QED) is 0.771. The van der Waals surface area contributed by atoms with Crippen LogP contribution in [0.15, 0.2) is 6.07 Å². The van der Waals surface area contributed by atoms with Crippen molar-refractivity contribution in [3.05, 3.63) is 17.0 Å². The second-order valence-electron chi connectivity index (χ2n) is 5.21. The van der Waals surface area contributed by atoms with Crippen LogP contribution in [0.1, 0.15) is 32.0 Å². The van der Waals surface area contributed by atoms with E-state index in [0.29, 0.717) is 11.1 Å². The number of likely N-dealkylation sites (N-methyl/N-ethyl adjacent to an activating group) is 1. The van der Waals surface area contributed by atoms with Gasteiger partial charge in [-0.25, -0.2) is 9.97 Å². The first-order chi connectivity index (χ1) is 8.56. The van der Waals surface area contributed by atoms with E-state index in [4.69, 9.17) is 11.6 Å². The molecule has 1 aromatic rings. The molecule has 1 aliphatic heterocycles. The first-order valence-electron chi connectivity index (χ1n) is 6.54. The number of nitrogens with zero attached hydrogens (tertiary/aromatic N) is 4. The number of halogens is 1. The summed E-state index contributed by atoms with van der Waals surface area (Å²) in [5.74, 6) is 2.10. The molecule has 0 unspecified atom stereocenters. The lowest BCUT2D eigenvalue weighted by molar-refractivity contribution is 0.360. The fraction of sp³-hybridized carbons (Fsp3) is 0.692. The van der Waals surface area contributed by atoms with Crippen LogP contribution in [-0.2, 0) is 0 Å². The van der Waals surface area contributed by atoms with E-state index in [1.165, 1.54) is 0 Å². The third-order valence-electron chi connectivity index (χ3n) is 3.26. The zero-order valence-electron chi connectivity index (χ0n) is 11.4. The molecule has 0 bridgehead atoms. The van der Waals surface area contributed by atoms with Gasteiger partial charge in [0, 0.05) is 31.6 Å². The van der Waals surface area contributed by atoms with Crippen LogP contribution in [0.4, 0.5) is 5.82 Å². The standard InChI is InChI=1S/C13H21ClN4/c1-10(2)13-15-11(14)9-12(16-13)18-6-4-5-17(3)7-8-18/h9-10H,4-8H2,1-3H3. The van der Waals surface area contributed by atoms with Gasteiger partial charge in [0.1, 0.15) is 16.8 Å². The normalized spacial score (nSPS) is 18.2. The number of anilines is 1. The van der Waals surface area contributed by atoms with E-state index in [1.54, 1.807) is 0 Å². The highest BCUT2D eigenvalue weighted by molar-refractivity contribution is 6.29. The topological polar surface area (TPSA) is 32.3 Å². The number of hydrogen-bond donors (Lipinski definition) is 0. The Morgan fingerprint density at radius 2 is 1.94 bits per heavy atom. The highest BCUT2D eigenvalue weighted by Crippen LogP contribution is 2.20. The van der Waals surface area contributed by atoms with Gasteiger partial charge in [-0.15, -0.1) is 0 Å². The van der Waals surface area contributed by atoms with Crippen LogP contribution >= 0.6 is 11.6 Å². The predicted octanol–water partition coefficient (Wildman–Crippen LogP) is 2.40. The van der Waals surface area contributed by atoms with Crippen molar-refractivity contribution >= 4 is 17.4 Å². The van der Waals surface area contributed by atoms with Crippen molar-refractivity contribution in [2.75, 3.05) is 38.1 Å². The Bertz CT molecular complexity index is 408. The third-order valence-corrected chi connectivity index (χ3v) is 3.45. The van der Waals surface area contributed by atoms with Gasteiger partial charge >= 0.3 is 0 Å². The minimum Gasteiger partial charge on any atom is -0.355 e. The molecular weight excluding hydrogens is 248 g/mol. The van der Waals surface area contributed by atoms with E-state index >= 15 is 0 Å². The molecule has 0 aliphatic carbocycles. The van der Waals surface area contributed by atoms with Crippen molar-refractivity contribution in [2.45, 2.75) is 26.2 Å². The second-order valence-corrected chi connectivity index (χ2v) is 5.59. The summed E-state index contributed by atoms with van der Waals surface area (Å²) in [7, 11) is 2.16. The van der Waals surface area contributed by atoms with Crippen LogP contribution in [0, 0.1) is 0 Å². The van der Waals surface area contributed by atoms with Crippen molar-refractivity contribution in [2.24, 2.45) is 0 Å². The van der Waals surface area contributed by atoms with Crippen molar-refractivity contribution in [1.82, 2.24) is 14.9 Å². The SMILES string of the molecule is CC(C)c1nc(Cl)cc(N2CCCN(C)CC2)n1. The molecule has 0 N–H and O–H groups in total. The molecule has 5 heteroatoms. The molecule has 0 radical (unpaired) electrons. The monoisotopic (exact) mass is 268 g/mol. The van der Waals surface area contributed by atoms with E-state index in [1.807, 2.05) is 6.07 Å². The summed E-state index contributed by atoms with van der Waals surface area (Å²) in [5, 5.41) is 0.543. The summed E-state index contributed by atoms with van der Waals surface area (Å²) in [6.45, 7) is 8.43. The first-order valence-corrected chi connectivity index (χ1v) is 6.92. The van der Waals surface area contributed by atoms with Crippen LogP contribution in [-0.4, -0.2) is 48.1 Å². The van der Waals surface area contributed by atoms with Gasteiger partial charge in [0.2, 0.25) is 0 Å². The molecule has 1 aliphatic rings. The van der Waals surface area contributed by atoms with Crippen LogP contribution in [0.25, 0.3) is 0 Å². The van der Waals surface area contributed by atoms with Gasteiger partial charge in [0.15, 0.2) is 0 Å². The Morgan fingerprint density at radius 3 is 2.67 bits per heavy atom. The molecule has 0 aromatic carbocycles. The lowest BCUT2D eigenvalue weighted by Crippen LogP contribution is -2.29. The largest absolute Gasteiger partial charge is 0.355 e. The molecule has 0 atom stereocenters. The Labute approximate surface area is 114 Å². The lowest BCUT2D eigenvalue weighted by atomic mass is 10.2. The fourth-order valence-corrected chi connectivity index (χ4v) is 2.30. The molecule has 0 amide bonds. The van der Waals surface area contributed by atoms with Crippen molar-refractivity contribution < 1.29 is 0 Å². The Hall–Kier alpha value is -0.870. The van der Waals surface area contributed by atoms with Gasteiger partial charge in [0.05, 0.1) is 0 Å². The second kappa shape index (κ2) is 5.85. The molecule has 100 valence electrons. The predicted molar refractivity (Wildman–Crippen MR) is 75.5 cm³/mol. The molecule has 2 rings (SSSR count). The summed E-state index contributed by atoms with van der Waals surface area (Å²) < 4.78 is 0. The molecular formula is C13H21ClN4. The smallest absolute Gasteiger partial charge is 0.135 e. The van der Waals surface area contributed by atoms with Gasteiger partial charge in [-0.3, -0.25) is 0 Å².